The molecule has 4 rings (SSSR count). The summed E-state index contributed by atoms with van der Waals surface area (Å²) in [4.78, 5) is 12.6. The maximum absolute atomic E-state index is 12.1. The van der Waals surface area contributed by atoms with Crippen LogP contribution < -0.4 is 10.1 Å². The Kier molecular flexibility index (Phi) is 3.96. The minimum atomic E-state index is -0.211. The van der Waals surface area contributed by atoms with E-state index in [1.54, 1.807) is 6.92 Å². The number of nitrogens with zero attached hydrogens (tertiary/aromatic N) is 3. The van der Waals surface area contributed by atoms with Crippen molar-refractivity contribution in [3.63, 3.8) is 0 Å². The summed E-state index contributed by atoms with van der Waals surface area (Å²) in [5.74, 6) is 1.33. The van der Waals surface area contributed by atoms with Crippen molar-refractivity contribution in [1.82, 2.24) is 20.1 Å². The number of carbonyl (C=O) groups excluding carboxylic acids is 1. The van der Waals surface area contributed by atoms with Crippen LogP contribution in [0.1, 0.15) is 33.5 Å². The van der Waals surface area contributed by atoms with E-state index in [9.17, 15) is 4.79 Å². The third-order valence-electron chi connectivity index (χ3n) is 4.03. The van der Waals surface area contributed by atoms with Crippen molar-refractivity contribution in [3.8, 4) is 17.1 Å². The van der Waals surface area contributed by atoms with Gasteiger partial charge in [-0.1, -0.05) is 21.8 Å². The number of hydrogen-bond donors (Lipinski definition) is 1. The zero-order valence-electron chi connectivity index (χ0n) is 13.8. The Bertz CT molecular complexity index is 934. The topological polar surface area (TPSA) is 90.1 Å². The molecular formula is C17H16N4O3S. The van der Waals surface area contributed by atoms with Crippen LogP contribution in [0.5, 0.6) is 5.75 Å². The monoisotopic (exact) mass is 356 g/mol. The molecule has 1 aliphatic heterocycles. The van der Waals surface area contributed by atoms with Crippen LogP contribution in [-0.2, 0) is 13.0 Å². The molecule has 1 amide bonds. The van der Waals surface area contributed by atoms with Gasteiger partial charge < -0.3 is 14.6 Å². The van der Waals surface area contributed by atoms with Crippen molar-refractivity contribution in [2.24, 2.45) is 0 Å². The SMILES string of the molecule is Cc1nnsc1C(=O)NCc1cc(-c2ccc3c(c2)O[C@H](C)C3)on1. The largest absolute Gasteiger partial charge is 0.490 e. The summed E-state index contributed by atoms with van der Waals surface area (Å²) in [5, 5.41) is 10.6. The van der Waals surface area contributed by atoms with Gasteiger partial charge in [-0.2, -0.15) is 0 Å². The number of ether oxygens (including phenoxy) is 1. The van der Waals surface area contributed by atoms with E-state index in [2.05, 4.69) is 33.1 Å². The van der Waals surface area contributed by atoms with Crippen LogP contribution in [-0.4, -0.2) is 26.8 Å². The fourth-order valence-corrected chi connectivity index (χ4v) is 3.35. The van der Waals surface area contributed by atoms with E-state index in [1.165, 1.54) is 5.56 Å². The number of carbonyl (C=O) groups is 1. The summed E-state index contributed by atoms with van der Waals surface area (Å²) < 4.78 is 14.9. The van der Waals surface area contributed by atoms with Gasteiger partial charge in [-0.15, -0.1) is 5.10 Å². The highest BCUT2D eigenvalue weighted by atomic mass is 32.1. The minimum absolute atomic E-state index is 0.204. The summed E-state index contributed by atoms with van der Waals surface area (Å²) in [6.45, 7) is 4.08. The predicted molar refractivity (Wildman–Crippen MR) is 91.5 cm³/mol. The van der Waals surface area contributed by atoms with E-state index in [0.29, 0.717) is 22.0 Å². The lowest BCUT2D eigenvalue weighted by molar-refractivity contribution is 0.0953. The van der Waals surface area contributed by atoms with Crippen molar-refractivity contribution in [2.75, 3.05) is 0 Å². The quantitative estimate of drug-likeness (QED) is 0.773. The molecule has 0 unspecified atom stereocenters. The van der Waals surface area contributed by atoms with Crippen LogP contribution >= 0.6 is 11.5 Å². The van der Waals surface area contributed by atoms with Crippen molar-refractivity contribution in [1.29, 1.82) is 0 Å². The predicted octanol–water partition coefficient (Wildman–Crippen LogP) is 2.75. The molecule has 1 aliphatic rings. The first kappa shape index (κ1) is 15.8. The Morgan fingerprint density at radius 3 is 3.08 bits per heavy atom. The average molecular weight is 356 g/mol. The zero-order chi connectivity index (χ0) is 17.4. The summed E-state index contributed by atoms with van der Waals surface area (Å²) >= 11 is 1.08. The first-order valence-electron chi connectivity index (χ1n) is 7.93. The Hall–Kier alpha value is -2.74. The van der Waals surface area contributed by atoms with Gasteiger partial charge in [-0.05, 0) is 37.0 Å². The second kappa shape index (κ2) is 6.29. The fourth-order valence-electron chi connectivity index (χ4n) is 2.78. The minimum Gasteiger partial charge on any atom is -0.490 e. The van der Waals surface area contributed by atoms with Crippen molar-refractivity contribution >= 4 is 17.4 Å². The Morgan fingerprint density at radius 2 is 2.28 bits per heavy atom. The molecule has 25 heavy (non-hydrogen) atoms. The molecule has 1 aromatic carbocycles. The van der Waals surface area contributed by atoms with Crippen LogP contribution in [0.3, 0.4) is 0 Å². The molecule has 3 heterocycles. The molecule has 1 N–H and O–H groups in total. The lowest BCUT2D eigenvalue weighted by Gasteiger charge is -2.03. The van der Waals surface area contributed by atoms with Crippen LogP contribution in [0.25, 0.3) is 11.3 Å². The number of aromatic nitrogens is 3. The smallest absolute Gasteiger partial charge is 0.265 e. The lowest BCUT2D eigenvalue weighted by atomic mass is 10.1. The average Bonchev–Trinajstić information content (AvgIpc) is 3.30. The van der Waals surface area contributed by atoms with Gasteiger partial charge in [0.1, 0.15) is 22.4 Å². The molecular weight excluding hydrogens is 340 g/mol. The molecule has 0 saturated carbocycles. The van der Waals surface area contributed by atoms with Crippen LogP contribution in [0, 0.1) is 6.92 Å². The highest BCUT2D eigenvalue weighted by Crippen LogP contribution is 2.33. The summed E-state index contributed by atoms with van der Waals surface area (Å²) in [6, 6.07) is 7.83. The van der Waals surface area contributed by atoms with E-state index in [-0.39, 0.29) is 18.6 Å². The van der Waals surface area contributed by atoms with Gasteiger partial charge >= 0.3 is 0 Å². The van der Waals surface area contributed by atoms with Gasteiger partial charge in [-0.25, -0.2) is 0 Å². The fraction of sp³-hybridized carbons (Fsp3) is 0.294. The van der Waals surface area contributed by atoms with Gasteiger partial charge in [0.05, 0.1) is 12.2 Å². The van der Waals surface area contributed by atoms with Gasteiger partial charge in [0.25, 0.3) is 5.91 Å². The van der Waals surface area contributed by atoms with Gasteiger partial charge in [-0.3, -0.25) is 4.79 Å². The molecule has 0 fully saturated rings. The number of hydrogen-bond acceptors (Lipinski definition) is 7. The molecule has 0 aliphatic carbocycles. The molecule has 1 atom stereocenters. The number of rotatable bonds is 4. The van der Waals surface area contributed by atoms with E-state index >= 15 is 0 Å². The van der Waals surface area contributed by atoms with E-state index < -0.39 is 0 Å². The van der Waals surface area contributed by atoms with Gasteiger partial charge in [0, 0.05) is 18.1 Å². The van der Waals surface area contributed by atoms with E-state index in [1.807, 2.05) is 18.2 Å². The normalized spacial score (nSPS) is 15.7. The standard InChI is InChI=1S/C17H16N4O3S/c1-9-5-11-3-4-12(6-14(11)23-9)15-7-13(20-24-15)8-18-17(22)16-10(2)19-21-25-16/h3-4,6-7,9H,5,8H2,1-2H3,(H,18,22)/t9-/m1/s1. The highest BCUT2D eigenvalue weighted by molar-refractivity contribution is 7.07. The van der Waals surface area contributed by atoms with Crippen molar-refractivity contribution < 1.29 is 14.1 Å². The van der Waals surface area contributed by atoms with Crippen LogP contribution in [0.15, 0.2) is 28.8 Å². The van der Waals surface area contributed by atoms with Gasteiger partial charge in [0.15, 0.2) is 5.76 Å². The second-order valence-electron chi connectivity index (χ2n) is 6.01. The lowest BCUT2D eigenvalue weighted by Crippen LogP contribution is -2.22. The third-order valence-corrected chi connectivity index (χ3v) is 4.86. The number of benzene rings is 1. The number of nitrogens with one attached hydrogen (secondary N) is 1. The first-order valence-corrected chi connectivity index (χ1v) is 8.70. The zero-order valence-corrected chi connectivity index (χ0v) is 14.6. The molecule has 0 radical (unpaired) electrons. The second-order valence-corrected chi connectivity index (χ2v) is 6.76. The number of fused-ring (bicyclic) bond motifs is 1. The van der Waals surface area contributed by atoms with Crippen molar-refractivity contribution in [2.45, 2.75) is 32.9 Å². The van der Waals surface area contributed by atoms with E-state index in [4.69, 9.17) is 9.26 Å². The Balaban J connectivity index is 1.45. The van der Waals surface area contributed by atoms with Gasteiger partial charge in [0.2, 0.25) is 0 Å². The number of aryl methyl sites for hydroxylation is 1. The summed E-state index contributed by atoms with van der Waals surface area (Å²) in [5.41, 5.74) is 3.38. The van der Waals surface area contributed by atoms with E-state index in [0.717, 1.165) is 29.3 Å². The molecule has 8 heteroatoms. The maximum Gasteiger partial charge on any atom is 0.265 e. The third kappa shape index (κ3) is 3.12. The summed E-state index contributed by atoms with van der Waals surface area (Å²) in [6.07, 6.45) is 1.13. The van der Waals surface area contributed by atoms with Crippen LogP contribution in [0.2, 0.25) is 0 Å². The molecule has 0 bridgehead atoms. The molecule has 0 saturated heterocycles. The Morgan fingerprint density at radius 1 is 1.40 bits per heavy atom. The number of amides is 1. The first-order chi connectivity index (χ1) is 12.1. The molecule has 7 nitrogen and oxygen atoms in total. The van der Waals surface area contributed by atoms with Crippen LogP contribution in [0.4, 0.5) is 0 Å². The summed E-state index contributed by atoms with van der Waals surface area (Å²) in [7, 11) is 0. The highest BCUT2D eigenvalue weighted by Gasteiger charge is 2.20. The Labute approximate surface area is 148 Å². The van der Waals surface area contributed by atoms with Crippen molar-refractivity contribution in [3.05, 3.63) is 46.1 Å². The molecule has 3 aromatic rings. The molecule has 128 valence electrons. The molecule has 2 aromatic heterocycles. The maximum atomic E-state index is 12.1. The molecule has 0 spiro atoms.